The Hall–Kier alpha value is -4.73. The van der Waals surface area contributed by atoms with Crippen LogP contribution in [-0.2, 0) is 20.7 Å². The third-order valence-corrected chi connectivity index (χ3v) is 5.14. The van der Waals surface area contributed by atoms with Crippen molar-refractivity contribution in [2.75, 3.05) is 0 Å². The molecule has 172 valence electrons. The van der Waals surface area contributed by atoms with Crippen LogP contribution >= 0.6 is 0 Å². The molecule has 34 heavy (non-hydrogen) atoms. The highest BCUT2D eigenvalue weighted by Gasteiger charge is 2.19. The summed E-state index contributed by atoms with van der Waals surface area (Å²) < 4.78 is 9.02. The van der Waals surface area contributed by atoms with Gasteiger partial charge < -0.3 is 9.84 Å². The van der Waals surface area contributed by atoms with Gasteiger partial charge in [0.25, 0.3) is 5.56 Å². The van der Waals surface area contributed by atoms with Gasteiger partial charge in [-0.25, -0.2) is 9.48 Å². The van der Waals surface area contributed by atoms with E-state index < -0.39 is 28.5 Å². The van der Waals surface area contributed by atoms with Crippen molar-refractivity contribution >= 4 is 11.9 Å². The third-order valence-electron chi connectivity index (χ3n) is 5.14. The number of ketones is 1. The number of aromatic hydroxyl groups is 1. The quantitative estimate of drug-likeness (QED) is 0.331. The van der Waals surface area contributed by atoms with E-state index in [0.717, 1.165) is 14.8 Å². The Balaban J connectivity index is 1.41. The minimum absolute atomic E-state index is 0.232. The summed E-state index contributed by atoms with van der Waals surface area (Å²) in [5.41, 5.74) is 0.193. The van der Waals surface area contributed by atoms with Gasteiger partial charge in [-0.3, -0.25) is 18.7 Å². The van der Waals surface area contributed by atoms with E-state index in [4.69, 9.17) is 4.74 Å². The lowest BCUT2D eigenvalue weighted by atomic mass is 10.1. The molecule has 4 aromatic rings. The fourth-order valence-electron chi connectivity index (χ4n) is 3.21. The van der Waals surface area contributed by atoms with Gasteiger partial charge in [-0.1, -0.05) is 41.6 Å². The molecule has 0 aliphatic heterocycles. The molecule has 0 fully saturated rings. The number of benzene rings is 2. The van der Waals surface area contributed by atoms with E-state index in [0.29, 0.717) is 17.0 Å². The molecule has 0 atom stereocenters. The summed E-state index contributed by atoms with van der Waals surface area (Å²) in [4.78, 5) is 36.6. The highest BCUT2D eigenvalue weighted by atomic mass is 16.5. The van der Waals surface area contributed by atoms with Gasteiger partial charge in [0.15, 0.2) is 5.78 Å². The number of hydrogen-bond acceptors (Lipinski definition) is 7. The summed E-state index contributed by atoms with van der Waals surface area (Å²) in [6, 6.07) is 16.5. The molecule has 0 radical (unpaired) electrons. The third kappa shape index (κ3) is 4.56. The highest BCUT2D eigenvalue weighted by molar-refractivity contribution is 6.08. The van der Waals surface area contributed by atoms with Gasteiger partial charge in [-0.05, 0) is 35.9 Å². The van der Waals surface area contributed by atoms with E-state index in [-0.39, 0.29) is 6.61 Å². The predicted molar refractivity (Wildman–Crippen MR) is 124 cm³/mol. The van der Waals surface area contributed by atoms with Crippen LogP contribution in [0, 0.1) is 0 Å². The van der Waals surface area contributed by atoms with Gasteiger partial charge in [0.05, 0.1) is 11.9 Å². The lowest BCUT2D eigenvalue weighted by Crippen LogP contribution is -2.39. The summed E-state index contributed by atoms with van der Waals surface area (Å²) in [6.45, 7) is 0.232. The Bertz CT molecular complexity index is 1480. The van der Waals surface area contributed by atoms with Crippen LogP contribution in [0.3, 0.4) is 0 Å². The maximum atomic E-state index is 12.5. The zero-order chi connectivity index (χ0) is 24.2. The molecule has 0 spiro atoms. The van der Waals surface area contributed by atoms with Crippen molar-refractivity contribution in [3.05, 3.63) is 105 Å². The number of nitrogens with zero attached hydrogens (tertiary/aromatic N) is 5. The van der Waals surface area contributed by atoms with E-state index in [1.54, 1.807) is 35.1 Å². The molecule has 0 saturated carbocycles. The highest BCUT2D eigenvalue weighted by Crippen LogP contribution is 2.16. The molecule has 2 heterocycles. The van der Waals surface area contributed by atoms with E-state index in [1.165, 1.54) is 26.2 Å². The van der Waals surface area contributed by atoms with E-state index in [1.807, 2.05) is 30.3 Å². The molecule has 0 saturated heterocycles. The molecule has 0 aliphatic rings. The molecular formula is C24H21N5O5. The summed E-state index contributed by atoms with van der Waals surface area (Å²) in [7, 11) is 2.52. The smallest absolute Gasteiger partial charge is 0.333 e. The minimum Gasteiger partial charge on any atom is -0.494 e. The topological polar surface area (TPSA) is 121 Å². The zero-order valence-corrected chi connectivity index (χ0v) is 18.5. The number of aromatic nitrogens is 5. The van der Waals surface area contributed by atoms with Crippen molar-refractivity contribution in [2.45, 2.75) is 6.61 Å². The Morgan fingerprint density at radius 3 is 2.44 bits per heavy atom. The van der Waals surface area contributed by atoms with Crippen molar-refractivity contribution < 1.29 is 14.6 Å². The second kappa shape index (κ2) is 9.41. The molecule has 0 unspecified atom stereocenters. The van der Waals surface area contributed by atoms with Gasteiger partial charge in [0, 0.05) is 14.1 Å². The minimum atomic E-state index is -0.858. The number of carbonyl (C=O) groups is 1. The van der Waals surface area contributed by atoms with Gasteiger partial charge in [0.2, 0.25) is 5.88 Å². The number of hydrogen-bond donors (Lipinski definition) is 1. The number of carbonyl (C=O) groups excluding carboxylic acids is 1. The van der Waals surface area contributed by atoms with E-state index in [2.05, 4.69) is 10.3 Å². The van der Waals surface area contributed by atoms with Crippen molar-refractivity contribution in [1.29, 1.82) is 0 Å². The van der Waals surface area contributed by atoms with Crippen LogP contribution in [0.5, 0.6) is 11.6 Å². The molecule has 10 heteroatoms. The number of para-hydroxylation sites is 1. The van der Waals surface area contributed by atoms with Crippen LogP contribution in [0.2, 0.25) is 0 Å². The lowest BCUT2D eigenvalue weighted by Gasteiger charge is -2.08. The first-order valence-corrected chi connectivity index (χ1v) is 10.3. The zero-order valence-electron chi connectivity index (χ0n) is 18.5. The molecule has 10 nitrogen and oxygen atoms in total. The van der Waals surface area contributed by atoms with Crippen molar-refractivity contribution in [2.24, 2.45) is 14.1 Å². The Morgan fingerprint density at radius 1 is 1.03 bits per heavy atom. The number of allylic oxidation sites excluding steroid dienone is 1. The summed E-state index contributed by atoms with van der Waals surface area (Å²) in [5, 5.41) is 18.3. The standard InChI is InChI=1S/C24H21N5O5/c1-27-22(31)21(23(32)28(2)24(27)33)20(30)13-10-16-8-11-19(12-9-16)34-15-17-14-29(26-25-17)18-6-4-3-5-7-18/h3-14,31H,15H2,1-2H3/b13-10+. The first-order valence-electron chi connectivity index (χ1n) is 10.3. The van der Waals surface area contributed by atoms with Gasteiger partial charge in [0.1, 0.15) is 23.6 Å². The van der Waals surface area contributed by atoms with Crippen molar-refractivity contribution in [3.8, 4) is 17.3 Å². The summed E-state index contributed by atoms with van der Waals surface area (Å²) >= 11 is 0. The Labute approximate surface area is 193 Å². The van der Waals surface area contributed by atoms with Crippen LogP contribution < -0.4 is 16.0 Å². The normalized spacial score (nSPS) is 11.1. The second-order valence-corrected chi connectivity index (χ2v) is 7.45. The van der Waals surface area contributed by atoms with Gasteiger partial charge in [-0.2, -0.15) is 0 Å². The largest absolute Gasteiger partial charge is 0.494 e. The molecule has 0 bridgehead atoms. The summed E-state index contributed by atoms with van der Waals surface area (Å²) in [5.74, 6) is -0.784. The fourth-order valence-corrected chi connectivity index (χ4v) is 3.21. The van der Waals surface area contributed by atoms with Crippen LogP contribution in [0.15, 0.2) is 76.5 Å². The van der Waals surface area contributed by atoms with Crippen LogP contribution in [0.25, 0.3) is 11.8 Å². The number of rotatable bonds is 7. The van der Waals surface area contributed by atoms with E-state index in [9.17, 15) is 19.5 Å². The molecular weight excluding hydrogens is 438 g/mol. The van der Waals surface area contributed by atoms with Crippen molar-refractivity contribution in [1.82, 2.24) is 24.1 Å². The maximum Gasteiger partial charge on any atom is 0.333 e. The monoisotopic (exact) mass is 459 g/mol. The van der Waals surface area contributed by atoms with Crippen LogP contribution in [0.4, 0.5) is 0 Å². The first kappa shape index (κ1) is 22.5. The van der Waals surface area contributed by atoms with Gasteiger partial charge in [-0.15, -0.1) is 5.10 Å². The average Bonchev–Trinajstić information content (AvgIpc) is 3.34. The molecule has 0 aliphatic carbocycles. The second-order valence-electron chi connectivity index (χ2n) is 7.45. The number of ether oxygens (including phenoxy) is 1. The predicted octanol–water partition coefficient (Wildman–Crippen LogP) is 1.85. The molecule has 2 aromatic carbocycles. The first-order chi connectivity index (χ1) is 16.3. The molecule has 1 N–H and O–H groups in total. The molecule has 0 amide bonds. The van der Waals surface area contributed by atoms with Crippen LogP contribution in [-0.4, -0.2) is 35.0 Å². The SMILES string of the molecule is Cn1c(O)c(C(=O)/C=C/c2ccc(OCc3cn(-c4ccccc4)nn3)cc2)c(=O)n(C)c1=O. The molecule has 2 aromatic heterocycles. The van der Waals surface area contributed by atoms with Crippen molar-refractivity contribution in [3.63, 3.8) is 0 Å². The van der Waals surface area contributed by atoms with Crippen LogP contribution in [0.1, 0.15) is 21.6 Å². The molecule has 4 rings (SSSR count). The maximum absolute atomic E-state index is 12.5. The Morgan fingerprint density at radius 2 is 1.74 bits per heavy atom. The average molecular weight is 459 g/mol. The lowest BCUT2D eigenvalue weighted by molar-refractivity contribution is 0.104. The Kier molecular flexibility index (Phi) is 6.22. The van der Waals surface area contributed by atoms with Gasteiger partial charge >= 0.3 is 5.69 Å². The van der Waals surface area contributed by atoms with E-state index >= 15 is 0 Å². The summed E-state index contributed by atoms with van der Waals surface area (Å²) in [6.07, 6.45) is 4.46. The fraction of sp³-hybridized carbons (Fsp3) is 0.125.